The van der Waals surface area contributed by atoms with Gasteiger partial charge in [-0.15, -0.1) is 0 Å². The fourth-order valence-electron chi connectivity index (χ4n) is 7.19. The molecule has 4 fully saturated rings. The number of alkyl halides is 3. The summed E-state index contributed by atoms with van der Waals surface area (Å²) in [6.07, 6.45) is 5.78. The Kier molecular flexibility index (Phi) is 7.52. The van der Waals surface area contributed by atoms with Crippen molar-refractivity contribution in [1.82, 2.24) is 4.90 Å². The molecule has 190 valence electrons. The van der Waals surface area contributed by atoms with Crippen LogP contribution in [0.25, 0.3) is 0 Å². The standard InChI is InChI=1S/C28H40F3NO2/c1-18(17-32-13-10-22(11-14-32)28(29,30)31)24-8-9-25-20(5-4-12-27(24,25)3)6-7-21-15-23(33)16-26(34)19(21)2/h6-7,22-26,33-34H,1-2,4-5,8-17H2,3H3/b20-6+,21-7-/t23-,24-,25+,26+,27-/m1/s1. The first-order valence-electron chi connectivity index (χ1n) is 12.9. The smallest absolute Gasteiger partial charge is 0.391 e. The lowest BCUT2D eigenvalue weighted by molar-refractivity contribution is -0.184. The number of aliphatic hydroxyl groups is 2. The highest BCUT2D eigenvalue weighted by molar-refractivity contribution is 5.39. The summed E-state index contributed by atoms with van der Waals surface area (Å²) >= 11 is 0. The summed E-state index contributed by atoms with van der Waals surface area (Å²) in [5, 5.41) is 20.2. The predicted octanol–water partition coefficient (Wildman–Crippen LogP) is 5.96. The molecule has 5 atom stereocenters. The first kappa shape index (κ1) is 25.7. The van der Waals surface area contributed by atoms with E-state index in [4.69, 9.17) is 0 Å². The van der Waals surface area contributed by atoms with Gasteiger partial charge in [-0.2, -0.15) is 13.2 Å². The minimum Gasteiger partial charge on any atom is -0.393 e. The summed E-state index contributed by atoms with van der Waals surface area (Å²) in [6.45, 7) is 12.5. The van der Waals surface area contributed by atoms with E-state index in [9.17, 15) is 23.4 Å². The number of halogens is 3. The van der Waals surface area contributed by atoms with Crippen molar-refractivity contribution in [3.05, 3.63) is 47.6 Å². The van der Waals surface area contributed by atoms with Crippen molar-refractivity contribution in [3.8, 4) is 0 Å². The van der Waals surface area contributed by atoms with Gasteiger partial charge in [-0.3, -0.25) is 4.90 Å². The molecule has 3 aliphatic carbocycles. The highest BCUT2D eigenvalue weighted by atomic mass is 19.4. The van der Waals surface area contributed by atoms with Crippen molar-refractivity contribution in [2.45, 2.75) is 83.1 Å². The maximum atomic E-state index is 13.0. The number of hydrogen-bond donors (Lipinski definition) is 2. The second kappa shape index (κ2) is 9.94. The van der Waals surface area contributed by atoms with Crippen molar-refractivity contribution < 1.29 is 23.4 Å². The molecule has 4 rings (SSSR count). The number of rotatable bonds is 4. The molecular weight excluding hydrogens is 439 g/mol. The van der Waals surface area contributed by atoms with Crippen LogP contribution in [0.1, 0.15) is 64.7 Å². The Bertz CT molecular complexity index is 852. The quantitative estimate of drug-likeness (QED) is 0.489. The zero-order valence-corrected chi connectivity index (χ0v) is 20.4. The molecule has 1 saturated heterocycles. The summed E-state index contributed by atoms with van der Waals surface area (Å²) in [6, 6.07) is 0. The van der Waals surface area contributed by atoms with Gasteiger partial charge in [-0.05, 0) is 92.9 Å². The number of fused-ring (bicyclic) bond motifs is 1. The van der Waals surface area contributed by atoms with E-state index < -0.39 is 24.3 Å². The fourth-order valence-corrected chi connectivity index (χ4v) is 7.19. The summed E-state index contributed by atoms with van der Waals surface area (Å²) in [5.74, 6) is -0.293. The highest BCUT2D eigenvalue weighted by Gasteiger charge is 2.50. The van der Waals surface area contributed by atoms with Gasteiger partial charge in [0.2, 0.25) is 0 Å². The minimum atomic E-state index is -4.07. The molecule has 34 heavy (non-hydrogen) atoms. The van der Waals surface area contributed by atoms with E-state index in [-0.39, 0.29) is 18.3 Å². The van der Waals surface area contributed by atoms with Crippen LogP contribution in [0.4, 0.5) is 13.2 Å². The minimum absolute atomic E-state index is 0.132. The van der Waals surface area contributed by atoms with Crippen LogP contribution in [-0.4, -0.2) is 53.1 Å². The van der Waals surface area contributed by atoms with Crippen LogP contribution in [0.5, 0.6) is 0 Å². The first-order chi connectivity index (χ1) is 16.0. The van der Waals surface area contributed by atoms with Gasteiger partial charge in [0.15, 0.2) is 0 Å². The van der Waals surface area contributed by atoms with Gasteiger partial charge in [0.25, 0.3) is 0 Å². The molecule has 0 spiro atoms. The molecule has 6 heteroatoms. The molecule has 0 unspecified atom stereocenters. The second-order valence-corrected chi connectivity index (χ2v) is 11.4. The van der Waals surface area contributed by atoms with Crippen LogP contribution in [0.15, 0.2) is 47.6 Å². The van der Waals surface area contributed by atoms with Gasteiger partial charge in [0, 0.05) is 13.0 Å². The van der Waals surface area contributed by atoms with Crippen LogP contribution in [-0.2, 0) is 0 Å². The molecule has 0 bridgehead atoms. The Balaban J connectivity index is 1.41. The molecule has 1 heterocycles. The van der Waals surface area contributed by atoms with E-state index in [2.05, 4.69) is 37.1 Å². The fraction of sp³-hybridized carbons (Fsp3) is 0.714. The van der Waals surface area contributed by atoms with Gasteiger partial charge < -0.3 is 10.2 Å². The molecule has 0 amide bonds. The number of allylic oxidation sites excluding steroid dienone is 3. The Morgan fingerprint density at radius 2 is 1.85 bits per heavy atom. The maximum absolute atomic E-state index is 13.0. The zero-order chi connectivity index (χ0) is 24.7. The summed E-state index contributed by atoms with van der Waals surface area (Å²) in [4.78, 5) is 2.16. The lowest BCUT2D eigenvalue weighted by Gasteiger charge is -2.44. The second-order valence-electron chi connectivity index (χ2n) is 11.4. The first-order valence-corrected chi connectivity index (χ1v) is 12.9. The Morgan fingerprint density at radius 3 is 2.53 bits per heavy atom. The molecule has 3 saturated carbocycles. The topological polar surface area (TPSA) is 43.7 Å². The lowest BCUT2D eigenvalue weighted by Crippen LogP contribution is -2.41. The largest absolute Gasteiger partial charge is 0.393 e. The normalized spacial score (nSPS) is 38.5. The maximum Gasteiger partial charge on any atom is 0.391 e. The molecule has 0 radical (unpaired) electrons. The third-order valence-electron chi connectivity index (χ3n) is 9.20. The number of likely N-dealkylation sites (tertiary alicyclic amines) is 1. The van der Waals surface area contributed by atoms with E-state index in [1.165, 1.54) is 11.1 Å². The van der Waals surface area contributed by atoms with Crippen molar-refractivity contribution in [1.29, 1.82) is 0 Å². The van der Waals surface area contributed by atoms with Gasteiger partial charge in [-0.1, -0.05) is 43.4 Å². The van der Waals surface area contributed by atoms with E-state index >= 15 is 0 Å². The SMILES string of the molecule is C=C(CN1CCC(C(F)(F)F)CC1)[C@H]1CC[C@H]2/C(=C/C=C3/C[C@@H](O)C[C@H](O)C3=C)CCC[C@]12C. The molecule has 3 nitrogen and oxygen atoms in total. The Labute approximate surface area is 202 Å². The predicted molar refractivity (Wildman–Crippen MR) is 129 cm³/mol. The molecular formula is C28H40F3NO2. The van der Waals surface area contributed by atoms with E-state index in [1.54, 1.807) is 0 Å². The van der Waals surface area contributed by atoms with E-state index in [0.717, 1.165) is 37.7 Å². The van der Waals surface area contributed by atoms with E-state index in [0.29, 0.717) is 49.9 Å². The van der Waals surface area contributed by atoms with Crippen molar-refractivity contribution in [2.24, 2.45) is 23.2 Å². The van der Waals surface area contributed by atoms with Crippen LogP contribution >= 0.6 is 0 Å². The number of nitrogens with zero attached hydrogens (tertiary/aromatic N) is 1. The third kappa shape index (κ3) is 5.24. The Morgan fingerprint density at radius 1 is 1.15 bits per heavy atom. The zero-order valence-electron chi connectivity index (χ0n) is 20.4. The monoisotopic (exact) mass is 479 g/mol. The number of aliphatic hydroxyl groups excluding tert-OH is 2. The summed E-state index contributed by atoms with van der Waals surface area (Å²) in [7, 11) is 0. The molecule has 2 N–H and O–H groups in total. The molecule has 0 aromatic rings. The average Bonchev–Trinajstić information content (AvgIpc) is 3.12. The lowest BCUT2D eigenvalue weighted by atomic mass is 9.62. The van der Waals surface area contributed by atoms with Crippen molar-refractivity contribution in [2.75, 3.05) is 19.6 Å². The number of hydrogen-bond acceptors (Lipinski definition) is 3. The van der Waals surface area contributed by atoms with Gasteiger partial charge in [0.05, 0.1) is 18.1 Å². The summed E-state index contributed by atoms with van der Waals surface area (Å²) in [5.41, 5.74) is 4.40. The third-order valence-corrected chi connectivity index (χ3v) is 9.20. The average molecular weight is 480 g/mol. The van der Waals surface area contributed by atoms with Crippen molar-refractivity contribution in [3.63, 3.8) is 0 Å². The van der Waals surface area contributed by atoms with Crippen LogP contribution in [0, 0.1) is 23.2 Å². The number of piperidine rings is 1. The summed E-state index contributed by atoms with van der Waals surface area (Å²) < 4.78 is 39.0. The Hall–Kier alpha value is -1.37. The molecule has 0 aromatic heterocycles. The van der Waals surface area contributed by atoms with Crippen molar-refractivity contribution >= 4 is 0 Å². The molecule has 1 aliphatic heterocycles. The molecule has 4 aliphatic rings. The van der Waals surface area contributed by atoms with Crippen LogP contribution in [0.3, 0.4) is 0 Å². The van der Waals surface area contributed by atoms with Gasteiger partial charge in [-0.25, -0.2) is 0 Å². The highest BCUT2D eigenvalue weighted by Crippen LogP contribution is 2.59. The molecule has 0 aromatic carbocycles. The van der Waals surface area contributed by atoms with Crippen LogP contribution in [0.2, 0.25) is 0 Å². The van der Waals surface area contributed by atoms with E-state index in [1.807, 2.05) is 0 Å². The van der Waals surface area contributed by atoms with Gasteiger partial charge in [0.1, 0.15) is 0 Å². The van der Waals surface area contributed by atoms with Crippen LogP contribution < -0.4 is 0 Å². The van der Waals surface area contributed by atoms with Gasteiger partial charge >= 0.3 is 6.18 Å².